The average molecular weight is 521 g/mol. The highest BCUT2D eigenvalue weighted by Gasteiger charge is 2.37. The largest absolute Gasteiger partial charge is 0.331 e. The Morgan fingerprint density at radius 3 is 2.46 bits per heavy atom. The number of aromatic nitrogens is 2. The summed E-state index contributed by atoms with van der Waals surface area (Å²) in [5.41, 5.74) is 8.31. The normalized spacial score (nSPS) is 18.8. The van der Waals surface area contributed by atoms with Crippen molar-refractivity contribution in [1.29, 1.82) is 0 Å². The number of para-hydroxylation sites is 1. The van der Waals surface area contributed by atoms with Crippen LogP contribution in [0.15, 0.2) is 102 Å². The molecule has 1 aromatic heterocycles. The Kier molecular flexibility index (Phi) is 6.77. The van der Waals surface area contributed by atoms with Gasteiger partial charge in [-0.1, -0.05) is 66.6 Å². The summed E-state index contributed by atoms with van der Waals surface area (Å²) in [6, 6.07) is 26.3. The van der Waals surface area contributed by atoms with E-state index < -0.39 is 0 Å². The maximum Gasteiger partial charge on any atom is 0.322 e. The number of nitrogens with one attached hydrogen (secondary N) is 1. The first-order valence-electron chi connectivity index (χ1n) is 13.7. The predicted octanol–water partition coefficient (Wildman–Crippen LogP) is 7.36. The van der Waals surface area contributed by atoms with Crippen molar-refractivity contribution >= 4 is 11.7 Å². The van der Waals surface area contributed by atoms with Gasteiger partial charge in [0.25, 0.3) is 0 Å². The Morgan fingerprint density at radius 1 is 1.05 bits per heavy atom. The van der Waals surface area contributed by atoms with E-state index in [0.717, 1.165) is 42.6 Å². The third-order valence-corrected chi connectivity index (χ3v) is 8.40. The van der Waals surface area contributed by atoms with E-state index in [0.29, 0.717) is 5.92 Å². The van der Waals surface area contributed by atoms with Crippen molar-refractivity contribution in [3.8, 4) is 5.69 Å². The van der Waals surface area contributed by atoms with Crippen LogP contribution >= 0.6 is 0 Å². The minimum atomic E-state index is -0.244. The number of hydrogen-bond acceptors (Lipinski definition) is 2. The predicted molar refractivity (Wildman–Crippen MR) is 153 cm³/mol. The standard InChI is InChI=1S/C33H33FN4O/c1-22-29-21-35-38(28-17-15-26(34)16-18-28)31(29)20-25-14-13-24(32(22)25)19-30(23-9-5-3-6-10-23)36-33(39)37(2)27-11-7-4-8-12-27/h3-12,15-18,21-22,24,30H,13-14,19-20H2,1-2H3,(H,36,39)/t22-,24+,30?/m0/s1. The van der Waals surface area contributed by atoms with Gasteiger partial charge in [0.1, 0.15) is 5.82 Å². The van der Waals surface area contributed by atoms with Gasteiger partial charge >= 0.3 is 6.03 Å². The number of benzene rings is 3. The van der Waals surface area contributed by atoms with Gasteiger partial charge in [-0.25, -0.2) is 13.9 Å². The first kappa shape index (κ1) is 25.1. The SMILES string of the molecule is C[C@@H]1C2=C(CC[C@@H]2CC(NC(=O)N(C)c2ccccc2)c2ccccc2)Cc2c1cnn2-c1ccc(F)cc1. The molecule has 6 rings (SSSR count). The summed E-state index contributed by atoms with van der Waals surface area (Å²) in [5, 5.41) is 8.04. The lowest BCUT2D eigenvalue weighted by Gasteiger charge is -2.30. The molecule has 0 spiro atoms. The van der Waals surface area contributed by atoms with Gasteiger partial charge in [-0.2, -0.15) is 5.10 Å². The summed E-state index contributed by atoms with van der Waals surface area (Å²) in [4.78, 5) is 15.0. The highest BCUT2D eigenvalue weighted by atomic mass is 19.1. The average Bonchev–Trinajstić information content (AvgIpc) is 3.58. The molecule has 6 heteroatoms. The molecular weight excluding hydrogens is 487 g/mol. The molecule has 3 aromatic carbocycles. The van der Waals surface area contributed by atoms with E-state index in [1.807, 2.05) is 66.5 Å². The monoisotopic (exact) mass is 520 g/mol. The van der Waals surface area contributed by atoms with E-state index in [9.17, 15) is 9.18 Å². The van der Waals surface area contributed by atoms with E-state index in [4.69, 9.17) is 5.10 Å². The summed E-state index contributed by atoms with van der Waals surface area (Å²) in [6.45, 7) is 2.28. The fourth-order valence-corrected chi connectivity index (χ4v) is 6.39. The zero-order valence-electron chi connectivity index (χ0n) is 22.3. The van der Waals surface area contributed by atoms with E-state index >= 15 is 0 Å². The molecule has 2 amide bonds. The lowest BCUT2D eigenvalue weighted by molar-refractivity contribution is 0.241. The van der Waals surface area contributed by atoms with Crippen molar-refractivity contribution in [3.63, 3.8) is 0 Å². The number of nitrogens with zero attached hydrogens (tertiary/aromatic N) is 3. The van der Waals surface area contributed by atoms with Crippen molar-refractivity contribution in [2.75, 3.05) is 11.9 Å². The van der Waals surface area contributed by atoms with Crippen LogP contribution < -0.4 is 10.2 Å². The van der Waals surface area contributed by atoms with Gasteiger partial charge in [-0.3, -0.25) is 4.90 Å². The molecule has 5 nitrogen and oxygen atoms in total. The molecule has 39 heavy (non-hydrogen) atoms. The van der Waals surface area contributed by atoms with Crippen molar-refractivity contribution < 1.29 is 9.18 Å². The molecule has 2 aliphatic rings. The van der Waals surface area contributed by atoms with E-state index in [2.05, 4.69) is 24.4 Å². The second-order valence-electron chi connectivity index (χ2n) is 10.7. The van der Waals surface area contributed by atoms with Crippen molar-refractivity contribution in [3.05, 3.63) is 125 Å². The number of halogens is 1. The third kappa shape index (κ3) is 4.87. The molecule has 0 aliphatic heterocycles. The quantitative estimate of drug-likeness (QED) is 0.270. The van der Waals surface area contributed by atoms with Crippen LogP contribution in [-0.2, 0) is 6.42 Å². The van der Waals surface area contributed by atoms with Crippen molar-refractivity contribution in [1.82, 2.24) is 15.1 Å². The second kappa shape index (κ2) is 10.5. The number of allylic oxidation sites excluding steroid dienone is 2. The number of fused-ring (bicyclic) bond motifs is 1. The molecule has 0 saturated heterocycles. The van der Waals surface area contributed by atoms with Crippen LogP contribution in [0, 0.1) is 11.7 Å². The number of carbonyl (C=O) groups excluding carboxylic acids is 1. The van der Waals surface area contributed by atoms with Gasteiger partial charge in [0, 0.05) is 30.6 Å². The van der Waals surface area contributed by atoms with Gasteiger partial charge in [0.05, 0.1) is 23.6 Å². The van der Waals surface area contributed by atoms with Crippen LogP contribution in [0.3, 0.4) is 0 Å². The molecule has 0 bridgehead atoms. The van der Waals surface area contributed by atoms with Crippen molar-refractivity contribution in [2.45, 2.75) is 44.6 Å². The lowest BCUT2D eigenvalue weighted by atomic mass is 9.78. The number of anilines is 1. The first-order valence-corrected chi connectivity index (χ1v) is 13.7. The zero-order chi connectivity index (χ0) is 26.9. The number of urea groups is 1. The Labute approximate surface area is 229 Å². The Balaban J connectivity index is 1.25. The molecule has 3 atom stereocenters. The van der Waals surface area contributed by atoms with Gasteiger partial charge in [0.15, 0.2) is 0 Å². The highest BCUT2D eigenvalue weighted by Crippen LogP contribution is 2.49. The molecule has 2 aliphatic carbocycles. The fourth-order valence-electron chi connectivity index (χ4n) is 6.39. The van der Waals surface area contributed by atoms with Gasteiger partial charge in [-0.05, 0) is 67.1 Å². The fraction of sp³-hybridized carbons (Fsp3) is 0.273. The van der Waals surface area contributed by atoms with Crippen LogP contribution in [0.5, 0.6) is 0 Å². The van der Waals surface area contributed by atoms with E-state index in [1.54, 1.807) is 17.0 Å². The molecule has 0 radical (unpaired) electrons. The van der Waals surface area contributed by atoms with Crippen LogP contribution in [0.2, 0.25) is 0 Å². The highest BCUT2D eigenvalue weighted by molar-refractivity contribution is 5.91. The molecule has 1 unspecified atom stereocenters. The van der Waals surface area contributed by atoms with Gasteiger partial charge in [-0.15, -0.1) is 0 Å². The Bertz CT molecular complexity index is 1490. The summed E-state index contributed by atoms with van der Waals surface area (Å²) < 4.78 is 15.5. The molecule has 1 heterocycles. The molecular formula is C33H33FN4O. The minimum absolute atomic E-state index is 0.0998. The molecule has 0 saturated carbocycles. The van der Waals surface area contributed by atoms with E-state index in [1.165, 1.54) is 34.5 Å². The summed E-state index contributed by atoms with van der Waals surface area (Å²) in [5.74, 6) is 0.390. The van der Waals surface area contributed by atoms with Crippen LogP contribution in [0.1, 0.15) is 55.0 Å². The molecule has 4 aromatic rings. The first-order chi connectivity index (χ1) is 19.0. The molecule has 0 fully saturated rings. The third-order valence-electron chi connectivity index (χ3n) is 8.40. The minimum Gasteiger partial charge on any atom is -0.331 e. The Hall–Kier alpha value is -4.19. The summed E-state index contributed by atoms with van der Waals surface area (Å²) in [6.07, 6.45) is 5.83. The van der Waals surface area contributed by atoms with Crippen LogP contribution in [0.4, 0.5) is 14.9 Å². The number of carbonyl (C=O) groups is 1. The van der Waals surface area contributed by atoms with Crippen molar-refractivity contribution in [2.24, 2.45) is 5.92 Å². The number of amides is 2. The summed E-state index contributed by atoms with van der Waals surface area (Å²) in [7, 11) is 1.81. The number of rotatable bonds is 6. The van der Waals surface area contributed by atoms with Crippen LogP contribution in [0.25, 0.3) is 5.69 Å². The van der Waals surface area contributed by atoms with Crippen LogP contribution in [-0.4, -0.2) is 22.9 Å². The lowest BCUT2D eigenvalue weighted by Crippen LogP contribution is -2.40. The summed E-state index contributed by atoms with van der Waals surface area (Å²) >= 11 is 0. The maximum atomic E-state index is 13.5. The maximum absolute atomic E-state index is 13.5. The van der Waals surface area contributed by atoms with E-state index in [-0.39, 0.29) is 23.8 Å². The van der Waals surface area contributed by atoms with Gasteiger partial charge < -0.3 is 5.32 Å². The second-order valence-corrected chi connectivity index (χ2v) is 10.7. The zero-order valence-corrected chi connectivity index (χ0v) is 22.3. The smallest absolute Gasteiger partial charge is 0.322 e. The molecule has 198 valence electrons. The van der Waals surface area contributed by atoms with Gasteiger partial charge in [0.2, 0.25) is 0 Å². The molecule has 1 N–H and O–H groups in total. The Morgan fingerprint density at radius 2 is 1.74 bits per heavy atom. The topological polar surface area (TPSA) is 50.2 Å². The number of hydrogen-bond donors (Lipinski definition) is 1.